The topological polar surface area (TPSA) is 78.1 Å². The van der Waals surface area contributed by atoms with E-state index >= 15 is 0 Å². The van der Waals surface area contributed by atoms with Gasteiger partial charge in [0.15, 0.2) is 5.96 Å². The molecule has 0 aliphatic carbocycles. The van der Waals surface area contributed by atoms with Crippen LogP contribution in [0.2, 0.25) is 0 Å². The molecule has 2 heterocycles. The van der Waals surface area contributed by atoms with Crippen molar-refractivity contribution in [3.8, 4) is 5.75 Å². The van der Waals surface area contributed by atoms with Gasteiger partial charge in [-0.05, 0) is 18.9 Å². The fraction of sp³-hybridized carbons (Fsp3) is 0.611. The SMILES string of the molecule is NC(=NCCCOCC1CCOC1)NC1CCOc2ccccc21. The molecule has 3 rings (SSSR count). The average Bonchev–Trinajstić information content (AvgIpc) is 3.12. The van der Waals surface area contributed by atoms with E-state index in [-0.39, 0.29) is 6.04 Å². The van der Waals surface area contributed by atoms with Gasteiger partial charge >= 0.3 is 0 Å². The number of para-hydroxylation sites is 1. The Morgan fingerprint density at radius 1 is 1.29 bits per heavy atom. The molecular weight excluding hydrogens is 306 g/mol. The van der Waals surface area contributed by atoms with Crippen molar-refractivity contribution in [3.63, 3.8) is 0 Å². The highest BCUT2D eigenvalue weighted by Crippen LogP contribution is 2.31. The lowest BCUT2D eigenvalue weighted by Crippen LogP contribution is -2.37. The van der Waals surface area contributed by atoms with Crippen LogP contribution in [0.15, 0.2) is 29.3 Å². The molecule has 0 saturated carbocycles. The monoisotopic (exact) mass is 333 g/mol. The van der Waals surface area contributed by atoms with Crippen LogP contribution in [0.1, 0.15) is 30.9 Å². The third kappa shape index (κ3) is 4.85. The van der Waals surface area contributed by atoms with Crippen molar-refractivity contribution >= 4 is 5.96 Å². The van der Waals surface area contributed by atoms with Gasteiger partial charge in [0.2, 0.25) is 0 Å². The quantitative estimate of drug-likeness (QED) is 0.452. The number of nitrogens with two attached hydrogens (primary N) is 1. The summed E-state index contributed by atoms with van der Waals surface area (Å²) in [5, 5.41) is 3.30. The molecule has 3 N–H and O–H groups in total. The molecule has 2 unspecified atom stereocenters. The lowest BCUT2D eigenvalue weighted by molar-refractivity contribution is 0.0893. The minimum atomic E-state index is 0.164. The lowest BCUT2D eigenvalue weighted by Gasteiger charge is -2.26. The third-order valence-electron chi connectivity index (χ3n) is 4.39. The molecule has 6 nitrogen and oxygen atoms in total. The van der Waals surface area contributed by atoms with Crippen LogP contribution in [0.25, 0.3) is 0 Å². The van der Waals surface area contributed by atoms with Crippen molar-refractivity contribution in [2.75, 3.05) is 39.6 Å². The first-order chi connectivity index (χ1) is 11.8. The number of fused-ring (bicyclic) bond motifs is 1. The van der Waals surface area contributed by atoms with Gasteiger partial charge in [-0.15, -0.1) is 0 Å². The number of rotatable bonds is 7. The Morgan fingerprint density at radius 3 is 3.08 bits per heavy atom. The zero-order valence-electron chi connectivity index (χ0n) is 14.1. The Morgan fingerprint density at radius 2 is 2.21 bits per heavy atom. The minimum Gasteiger partial charge on any atom is -0.493 e. The van der Waals surface area contributed by atoms with Crippen molar-refractivity contribution in [1.29, 1.82) is 0 Å². The minimum absolute atomic E-state index is 0.164. The van der Waals surface area contributed by atoms with Crippen LogP contribution in [0.5, 0.6) is 5.75 Å². The molecule has 2 atom stereocenters. The van der Waals surface area contributed by atoms with Gasteiger partial charge in [-0.25, -0.2) is 0 Å². The van der Waals surface area contributed by atoms with E-state index in [0.29, 0.717) is 31.6 Å². The van der Waals surface area contributed by atoms with Gasteiger partial charge in [0, 0.05) is 37.7 Å². The highest BCUT2D eigenvalue weighted by molar-refractivity contribution is 5.78. The first kappa shape index (κ1) is 17.0. The number of benzene rings is 1. The molecule has 0 amide bonds. The summed E-state index contributed by atoms with van der Waals surface area (Å²) in [5.41, 5.74) is 7.16. The number of nitrogens with one attached hydrogen (secondary N) is 1. The van der Waals surface area contributed by atoms with Crippen LogP contribution in [-0.2, 0) is 9.47 Å². The summed E-state index contributed by atoms with van der Waals surface area (Å²) in [6.07, 6.45) is 2.88. The summed E-state index contributed by atoms with van der Waals surface area (Å²) in [5.74, 6) is 1.98. The number of guanidine groups is 1. The van der Waals surface area contributed by atoms with Gasteiger partial charge in [0.05, 0.1) is 25.9 Å². The Hall–Kier alpha value is -1.79. The summed E-state index contributed by atoms with van der Waals surface area (Å²) in [4.78, 5) is 4.40. The maximum atomic E-state index is 6.02. The van der Waals surface area contributed by atoms with Crippen LogP contribution in [0.4, 0.5) is 0 Å². The molecule has 2 aliphatic rings. The van der Waals surface area contributed by atoms with Crippen molar-refractivity contribution < 1.29 is 14.2 Å². The average molecular weight is 333 g/mol. The molecule has 132 valence electrons. The van der Waals surface area contributed by atoms with Crippen LogP contribution in [0, 0.1) is 5.92 Å². The molecule has 24 heavy (non-hydrogen) atoms. The summed E-state index contributed by atoms with van der Waals surface area (Å²) in [6.45, 7) is 4.58. The normalized spacial score (nSPS) is 23.6. The van der Waals surface area contributed by atoms with Gasteiger partial charge in [0.25, 0.3) is 0 Å². The molecule has 0 bridgehead atoms. The highest BCUT2D eigenvalue weighted by atomic mass is 16.5. The van der Waals surface area contributed by atoms with Gasteiger partial charge in [-0.2, -0.15) is 0 Å². The Bertz CT molecular complexity index is 544. The van der Waals surface area contributed by atoms with E-state index in [1.54, 1.807) is 0 Å². The summed E-state index contributed by atoms with van der Waals surface area (Å²) >= 11 is 0. The number of hydrogen-bond donors (Lipinski definition) is 2. The van der Waals surface area contributed by atoms with Crippen molar-refractivity contribution in [2.24, 2.45) is 16.6 Å². The van der Waals surface area contributed by atoms with Gasteiger partial charge in [-0.1, -0.05) is 18.2 Å². The molecule has 6 heteroatoms. The predicted octanol–water partition coefficient (Wildman–Crippen LogP) is 1.86. The maximum absolute atomic E-state index is 6.02. The summed E-state index contributed by atoms with van der Waals surface area (Å²) in [7, 11) is 0. The number of ether oxygens (including phenoxy) is 3. The van der Waals surface area contributed by atoms with E-state index in [0.717, 1.165) is 50.4 Å². The van der Waals surface area contributed by atoms with Crippen LogP contribution in [-0.4, -0.2) is 45.5 Å². The molecule has 1 aromatic carbocycles. The second kappa shape index (κ2) is 8.89. The van der Waals surface area contributed by atoms with Crippen molar-refractivity contribution in [1.82, 2.24) is 5.32 Å². The van der Waals surface area contributed by atoms with Gasteiger partial charge in [0.1, 0.15) is 5.75 Å². The summed E-state index contributed by atoms with van der Waals surface area (Å²) < 4.78 is 16.7. The fourth-order valence-electron chi connectivity index (χ4n) is 3.05. The Labute approximate surface area is 143 Å². The van der Waals surface area contributed by atoms with Crippen LogP contribution < -0.4 is 15.8 Å². The lowest BCUT2D eigenvalue weighted by atomic mass is 10.0. The zero-order valence-corrected chi connectivity index (χ0v) is 14.1. The highest BCUT2D eigenvalue weighted by Gasteiger charge is 2.21. The third-order valence-corrected chi connectivity index (χ3v) is 4.39. The maximum Gasteiger partial charge on any atom is 0.189 e. The molecule has 1 saturated heterocycles. The Balaban J connectivity index is 1.36. The molecule has 0 spiro atoms. The van der Waals surface area contributed by atoms with E-state index in [4.69, 9.17) is 19.9 Å². The largest absolute Gasteiger partial charge is 0.493 e. The zero-order chi connectivity index (χ0) is 16.6. The van der Waals surface area contributed by atoms with E-state index in [2.05, 4.69) is 16.4 Å². The Kier molecular flexibility index (Phi) is 6.32. The second-order valence-corrected chi connectivity index (χ2v) is 6.30. The predicted molar refractivity (Wildman–Crippen MR) is 93.3 cm³/mol. The van der Waals surface area contributed by atoms with Crippen molar-refractivity contribution in [3.05, 3.63) is 29.8 Å². The fourth-order valence-corrected chi connectivity index (χ4v) is 3.05. The van der Waals surface area contributed by atoms with Crippen molar-refractivity contribution in [2.45, 2.75) is 25.3 Å². The van der Waals surface area contributed by atoms with E-state index in [9.17, 15) is 0 Å². The van der Waals surface area contributed by atoms with E-state index < -0.39 is 0 Å². The standard InChI is InChI=1S/C18H27N3O3/c19-18(20-8-3-9-22-12-14-6-10-23-13-14)21-16-7-11-24-17-5-2-1-4-15(16)17/h1-2,4-5,14,16H,3,6-13H2,(H3,19,20,21). The van der Waals surface area contributed by atoms with E-state index in [1.807, 2.05) is 18.2 Å². The molecule has 1 aromatic rings. The van der Waals surface area contributed by atoms with Crippen LogP contribution >= 0.6 is 0 Å². The molecule has 0 radical (unpaired) electrons. The van der Waals surface area contributed by atoms with Crippen LogP contribution in [0.3, 0.4) is 0 Å². The first-order valence-electron chi connectivity index (χ1n) is 8.76. The molecule has 0 aromatic heterocycles. The number of aliphatic imine (C=N–C) groups is 1. The van der Waals surface area contributed by atoms with Gasteiger partial charge in [-0.3, -0.25) is 4.99 Å². The summed E-state index contributed by atoms with van der Waals surface area (Å²) in [6, 6.07) is 8.22. The first-order valence-corrected chi connectivity index (χ1v) is 8.76. The number of hydrogen-bond acceptors (Lipinski definition) is 4. The van der Waals surface area contributed by atoms with E-state index in [1.165, 1.54) is 0 Å². The molecule has 1 fully saturated rings. The second-order valence-electron chi connectivity index (χ2n) is 6.30. The molecular formula is C18H27N3O3. The number of nitrogens with zero attached hydrogens (tertiary/aromatic N) is 1. The van der Waals surface area contributed by atoms with Gasteiger partial charge < -0.3 is 25.3 Å². The smallest absolute Gasteiger partial charge is 0.189 e. The molecule has 2 aliphatic heterocycles.